The second kappa shape index (κ2) is 6.46. The average molecular weight is 318 g/mol. The van der Waals surface area contributed by atoms with Crippen LogP contribution in [0.3, 0.4) is 0 Å². The van der Waals surface area contributed by atoms with E-state index in [0.717, 1.165) is 6.42 Å². The summed E-state index contributed by atoms with van der Waals surface area (Å²) in [6.07, 6.45) is -3.37. The second-order valence-electron chi connectivity index (χ2n) is 4.57. The highest BCUT2D eigenvalue weighted by Crippen LogP contribution is 2.30. The lowest BCUT2D eigenvalue weighted by molar-refractivity contribution is -0.119. The Hall–Kier alpha value is -1.57. The van der Waals surface area contributed by atoms with Crippen molar-refractivity contribution in [2.75, 3.05) is 29.9 Å². The molecular formula is C13H17F3N4S. The molecule has 0 fully saturated rings. The Balaban J connectivity index is 2.41. The molecule has 2 heterocycles. The number of anilines is 2. The molecular weight excluding hydrogens is 301 g/mol. The number of rotatable bonds is 6. The van der Waals surface area contributed by atoms with Gasteiger partial charge in [-0.1, -0.05) is 6.92 Å². The van der Waals surface area contributed by atoms with Gasteiger partial charge >= 0.3 is 6.18 Å². The normalized spacial score (nSPS) is 11.9. The monoisotopic (exact) mass is 318 g/mol. The van der Waals surface area contributed by atoms with Crippen molar-refractivity contribution in [2.24, 2.45) is 0 Å². The van der Waals surface area contributed by atoms with E-state index in [4.69, 9.17) is 0 Å². The molecule has 2 aromatic rings. The Bertz CT molecular complexity index is 597. The molecule has 2 rings (SSSR count). The summed E-state index contributed by atoms with van der Waals surface area (Å²) in [7, 11) is 0. The predicted molar refractivity (Wildman–Crippen MR) is 80.1 cm³/mol. The zero-order valence-corrected chi connectivity index (χ0v) is 12.7. The van der Waals surface area contributed by atoms with Crippen molar-refractivity contribution in [3.05, 3.63) is 11.4 Å². The van der Waals surface area contributed by atoms with Crippen LogP contribution in [0.4, 0.5) is 24.9 Å². The lowest BCUT2D eigenvalue weighted by Crippen LogP contribution is -2.35. The molecule has 0 aliphatic carbocycles. The number of hydrogen-bond acceptors (Lipinski definition) is 5. The van der Waals surface area contributed by atoms with E-state index in [1.807, 2.05) is 12.3 Å². The third-order valence-electron chi connectivity index (χ3n) is 2.89. The van der Waals surface area contributed by atoms with E-state index < -0.39 is 12.7 Å². The standard InChI is InChI=1S/C13H17F3N4S/c1-3-6-17-12-18-10(9-5-7-21-11(9)19-12)20(4-2)8-13(14,15)16/h5,7H,3-4,6,8H2,1-2H3,(H,17,18,19). The van der Waals surface area contributed by atoms with E-state index >= 15 is 0 Å². The molecule has 0 bridgehead atoms. The highest BCUT2D eigenvalue weighted by molar-refractivity contribution is 7.16. The van der Waals surface area contributed by atoms with Crippen LogP contribution >= 0.6 is 11.3 Å². The molecule has 0 radical (unpaired) electrons. The maximum absolute atomic E-state index is 12.7. The number of halogens is 3. The Morgan fingerprint density at radius 3 is 2.67 bits per heavy atom. The van der Waals surface area contributed by atoms with E-state index in [1.54, 1.807) is 13.0 Å². The number of hydrogen-bond donors (Lipinski definition) is 1. The first-order chi connectivity index (χ1) is 9.94. The molecule has 21 heavy (non-hydrogen) atoms. The van der Waals surface area contributed by atoms with Crippen LogP contribution in [-0.4, -0.2) is 35.8 Å². The number of nitrogens with one attached hydrogen (secondary N) is 1. The summed E-state index contributed by atoms with van der Waals surface area (Å²) in [5, 5.41) is 5.51. The zero-order valence-electron chi connectivity index (χ0n) is 11.9. The smallest absolute Gasteiger partial charge is 0.354 e. The van der Waals surface area contributed by atoms with E-state index in [-0.39, 0.29) is 6.54 Å². The van der Waals surface area contributed by atoms with Crippen molar-refractivity contribution in [1.29, 1.82) is 0 Å². The summed E-state index contributed by atoms with van der Waals surface area (Å²) in [6.45, 7) is 3.58. The van der Waals surface area contributed by atoms with Crippen LogP contribution in [0.2, 0.25) is 0 Å². The van der Waals surface area contributed by atoms with Crippen molar-refractivity contribution >= 4 is 33.3 Å². The van der Waals surface area contributed by atoms with Gasteiger partial charge in [0, 0.05) is 13.1 Å². The second-order valence-corrected chi connectivity index (χ2v) is 5.46. The Morgan fingerprint density at radius 2 is 2.05 bits per heavy atom. The fourth-order valence-corrected chi connectivity index (χ4v) is 2.71. The Kier molecular flexibility index (Phi) is 4.87. The van der Waals surface area contributed by atoms with Crippen molar-refractivity contribution in [3.8, 4) is 0 Å². The topological polar surface area (TPSA) is 41.1 Å². The van der Waals surface area contributed by atoms with Gasteiger partial charge in [0.25, 0.3) is 0 Å². The van der Waals surface area contributed by atoms with Gasteiger partial charge in [-0.2, -0.15) is 18.2 Å². The number of thiophene rings is 1. The first kappa shape index (κ1) is 15.8. The number of aromatic nitrogens is 2. The zero-order chi connectivity index (χ0) is 15.5. The van der Waals surface area contributed by atoms with Gasteiger partial charge < -0.3 is 10.2 Å². The summed E-state index contributed by atoms with van der Waals surface area (Å²) < 4.78 is 38.1. The molecule has 116 valence electrons. The molecule has 0 spiro atoms. The maximum atomic E-state index is 12.7. The average Bonchev–Trinajstić information content (AvgIpc) is 2.89. The lowest BCUT2D eigenvalue weighted by Gasteiger charge is -2.24. The van der Waals surface area contributed by atoms with Crippen molar-refractivity contribution in [1.82, 2.24) is 9.97 Å². The van der Waals surface area contributed by atoms with Crippen molar-refractivity contribution < 1.29 is 13.2 Å². The van der Waals surface area contributed by atoms with Crippen LogP contribution in [0.15, 0.2) is 11.4 Å². The predicted octanol–water partition coefficient (Wildman–Crippen LogP) is 3.90. The van der Waals surface area contributed by atoms with Crippen LogP contribution in [0.1, 0.15) is 20.3 Å². The quantitative estimate of drug-likeness (QED) is 0.877. The fourth-order valence-electron chi connectivity index (χ4n) is 1.95. The van der Waals surface area contributed by atoms with E-state index in [0.29, 0.717) is 28.5 Å². The third-order valence-corrected chi connectivity index (χ3v) is 3.70. The highest BCUT2D eigenvalue weighted by Gasteiger charge is 2.31. The first-order valence-electron chi connectivity index (χ1n) is 6.75. The van der Waals surface area contributed by atoms with Gasteiger partial charge in [-0.3, -0.25) is 0 Å². The minimum Gasteiger partial charge on any atom is -0.354 e. The van der Waals surface area contributed by atoms with Gasteiger partial charge in [0.15, 0.2) is 0 Å². The largest absolute Gasteiger partial charge is 0.405 e. The molecule has 0 atom stereocenters. The summed E-state index contributed by atoms with van der Waals surface area (Å²) in [5.74, 6) is 0.710. The minimum absolute atomic E-state index is 0.231. The van der Waals surface area contributed by atoms with Gasteiger partial charge in [-0.15, -0.1) is 11.3 Å². The van der Waals surface area contributed by atoms with Crippen LogP contribution in [0, 0.1) is 0 Å². The molecule has 2 aromatic heterocycles. The van der Waals surface area contributed by atoms with Crippen LogP contribution in [-0.2, 0) is 0 Å². The molecule has 8 heteroatoms. The van der Waals surface area contributed by atoms with E-state index in [1.165, 1.54) is 16.2 Å². The van der Waals surface area contributed by atoms with E-state index in [9.17, 15) is 13.2 Å². The summed E-state index contributed by atoms with van der Waals surface area (Å²) >= 11 is 1.40. The van der Waals surface area contributed by atoms with Gasteiger partial charge in [-0.25, -0.2) is 4.98 Å². The Labute approximate surface area is 125 Å². The summed E-state index contributed by atoms with van der Waals surface area (Å²) in [6, 6.07) is 1.76. The third kappa shape index (κ3) is 3.96. The van der Waals surface area contributed by atoms with Crippen LogP contribution in [0.25, 0.3) is 10.2 Å². The van der Waals surface area contributed by atoms with Crippen molar-refractivity contribution in [2.45, 2.75) is 26.4 Å². The molecule has 1 N–H and O–H groups in total. The molecule has 0 aliphatic rings. The SMILES string of the molecule is CCCNc1nc(N(CC)CC(F)(F)F)c2ccsc2n1. The molecule has 0 aromatic carbocycles. The molecule has 4 nitrogen and oxygen atoms in total. The maximum Gasteiger partial charge on any atom is 0.405 e. The van der Waals surface area contributed by atoms with Crippen LogP contribution in [0.5, 0.6) is 0 Å². The molecule has 0 amide bonds. The Morgan fingerprint density at radius 1 is 1.29 bits per heavy atom. The highest BCUT2D eigenvalue weighted by atomic mass is 32.1. The number of fused-ring (bicyclic) bond motifs is 1. The van der Waals surface area contributed by atoms with Gasteiger partial charge in [-0.05, 0) is 24.8 Å². The molecule has 0 unspecified atom stereocenters. The van der Waals surface area contributed by atoms with Crippen LogP contribution < -0.4 is 10.2 Å². The van der Waals surface area contributed by atoms with E-state index in [2.05, 4.69) is 15.3 Å². The fraction of sp³-hybridized carbons (Fsp3) is 0.538. The molecule has 0 saturated heterocycles. The minimum atomic E-state index is -4.26. The van der Waals surface area contributed by atoms with Gasteiger partial charge in [0.1, 0.15) is 17.2 Å². The molecule has 0 saturated carbocycles. The number of alkyl halides is 3. The van der Waals surface area contributed by atoms with Crippen molar-refractivity contribution in [3.63, 3.8) is 0 Å². The summed E-state index contributed by atoms with van der Waals surface area (Å²) in [4.78, 5) is 10.5. The first-order valence-corrected chi connectivity index (χ1v) is 7.63. The van der Waals surface area contributed by atoms with Gasteiger partial charge in [0.05, 0.1) is 5.39 Å². The molecule has 0 aliphatic heterocycles. The lowest BCUT2D eigenvalue weighted by atomic mass is 10.3. The summed E-state index contributed by atoms with van der Waals surface area (Å²) in [5.41, 5.74) is 0. The van der Waals surface area contributed by atoms with Gasteiger partial charge in [0.2, 0.25) is 5.95 Å². The number of nitrogens with zero attached hydrogens (tertiary/aromatic N) is 3.